The van der Waals surface area contributed by atoms with Crippen LogP contribution in [0, 0.1) is 0 Å². The first-order valence-electron chi connectivity index (χ1n) is 13.1. The van der Waals surface area contributed by atoms with Crippen molar-refractivity contribution in [2.24, 2.45) is 0 Å². The summed E-state index contributed by atoms with van der Waals surface area (Å²) in [5.41, 5.74) is 2.77. The van der Waals surface area contributed by atoms with Crippen molar-refractivity contribution >= 4 is 39.2 Å². The Labute approximate surface area is 232 Å². The minimum atomic E-state index is -1.09. The Morgan fingerprint density at radius 2 is 0.914 bits per heavy atom. The van der Waals surface area contributed by atoms with E-state index in [2.05, 4.69) is 13.8 Å². The van der Waals surface area contributed by atoms with Crippen LogP contribution >= 0.6 is 0 Å². The number of unbranched alkanes of at least 4 members (excludes halogenated alkanes) is 10. The molecule has 0 saturated heterocycles. The van der Waals surface area contributed by atoms with Crippen molar-refractivity contribution in [2.75, 3.05) is 0 Å². The van der Waals surface area contributed by atoms with E-state index in [1.54, 1.807) is 36.4 Å². The summed E-state index contributed by atoms with van der Waals surface area (Å²) in [7, 11) is 0. The van der Waals surface area contributed by atoms with Gasteiger partial charge in [0, 0.05) is 0 Å². The minimum Gasteiger partial charge on any atom is -0.545 e. The van der Waals surface area contributed by atoms with Gasteiger partial charge in [0.25, 0.3) is 0 Å². The smallest absolute Gasteiger partial charge is 0.545 e. The van der Waals surface area contributed by atoms with Crippen LogP contribution in [-0.2, 0) is 12.8 Å². The number of carbonyl (C=O) groups excluding carboxylic acids is 2. The van der Waals surface area contributed by atoms with Gasteiger partial charge in [-0.05, 0) is 60.1 Å². The van der Waals surface area contributed by atoms with Crippen LogP contribution in [0.5, 0.6) is 0 Å². The summed E-state index contributed by atoms with van der Waals surface area (Å²) in [5, 5.41) is 21.4. The molecule has 2 aromatic rings. The Morgan fingerprint density at radius 1 is 0.571 bits per heavy atom. The molecule has 0 aliphatic rings. The fourth-order valence-corrected chi connectivity index (χ4v) is 3.93. The summed E-state index contributed by atoms with van der Waals surface area (Å²) in [6, 6.07) is 14.2. The molecule has 2 radical (unpaired) electrons. The van der Waals surface area contributed by atoms with Crippen molar-refractivity contribution in [3.63, 3.8) is 0 Å². The molecule has 0 aromatic heterocycles. The molecule has 0 bridgehead atoms. The fraction of sp³-hybridized carbons (Fsp3) is 0.533. The molecule has 0 N–H and O–H groups in total. The van der Waals surface area contributed by atoms with Gasteiger partial charge in [-0.3, -0.25) is 0 Å². The normalized spacial score (nSPS) is 10.1. The summed E-state index contributed by atoms with van der Waals surface area (Å²) in [4.78, 5) is 21.4. The monoisotopic (exact) mass is 674 g/mol. The molecular weight excluding hydrogens is 632 g/mol. The third kappa shape index (κ3) is 16.6. The average molecular weight is 674 g/mol. The second-order valence-electron chi connectivity index (χ2n) is 9.01. The Hall–Kier alpha value is -1.70. The van der Waals surface area contributed by atoms with E-state index in [-0.39, 0.29) is 38.4 Å². The molecule has 0 atom stereocenters. The van der Waals surface area contributed by atoms with Crippen molar-refractivity contribution < 1.29 is 19.8 Å². The predicted octanol–water partition coefficient (Wildman–Crippen LogP) is 5.53. The number of benzene rings is 2. The molecule has 2 rings (SSSR count). The van der Waals surface area contributed by atoms with Crippen LogP contribution in [0.3, 0.4) is 0 Å². The van der Waals surface area contributed by atoms with Crippen LogP contribution in [0.4, 0.5) is 0 Å². The first-order chi connectivity index (χ1) is 16.5. The quantitative estimate of drug-likeness (QED) is 0.174. The van der Waals surface area contributed by atoms with Crippen LogP contribution in [0.25, 0.3) is 0 Å². The van der Waals surface area contributed by atoms with Gasteiger partial charge < -0.3 is 19.8 Å². The van der Waals surface area contributed by atoms with Gasteiger partial charge in [0.2, 0.25) is 0 Å². The number of aryl methyl sites for hydroxylation is 2. The van der Waals surface area contributed by atoms with Gasteiger partial charge in [-0.15, -0.1) is 0 Å². The predicted molar refractivity (Wildman–Crippen MR) is 141 cm³/mol. The molecule has 0 unspecified atom stereocenters. The van der Waals surface area contributed by atoms with Gasteiger partial charge in [0.05, 0.1) is 11.9 Å². The van der Waals surface area contributed by atoms with E-state index in [4.69, 9.17) is 0 Å². The fourth-order valence-electron chi connectivity index (χ4n) is 3.93. The zero-order valence-electron chi connectivity index (χ0n) is 21.7. The second kappa shape index (κ2) is 21.6. The van der Waals surface area contributed by atoms with Gasteiger partial charge in [-0.25, -0.2) is 0 Å². The summed E-state index contributed by atoms with van der Waals surface area (Å²) in [6.07, 6.45) is 17.1. The van der Waals surface area contributed by atoms with E-state index in [0.29, 0.717) is 0 Å². The average Bonchev–Trinajstić information content (AvgIpc) is 2.84. The first-order valence-corrected chi connectivity index (χ1v) is 13.1. The summed E-state index contributed by atoms with van der Waals surface area (Å²) in [6.45, 7) is 4.43. The molecule has 35 heavy (non-hydrogen) atoms. The van der Waals surface area contributed by atoms with E-state index in [1.807, 2.05) is 12.1 Å². The number of carbonyl (C=O) groups is 2. The third-order valence-electron chi connectivity index (χ3n) is 5.96. The summed E-state index contributed by atoms with van der Waals surface area (Å²) in [5.74, 6) is -2.18. The zero-order chi connectivity index (χ0) is 25.0. The van der Waals surface area contributed by atoms with E-state index >= 15 is 0 Å². The minimum absolute atomic E-state index is 0. The van der Waals surface area contributed by atoms with Crippen LogP contribution in [0.2, 0.25) is 0 Å². The number of hydrogen-bond acceptors (Lipinski definition) is 4. The number of carboxylic acid groups (broad SMARTS) is 2. The van der Waals surface area contributed by atoms with Crippen molar-refractivity contribution in [1.82, 2.24) is 0 Å². The maximum absolute atomic E-state index is 10.7. The Morgan fingerprint density at radius 3 is 1.26 bits per heavy atom. The number of rotatable bonds is 16. The molecule has 0 saturated carbocycles. The Balaban J connectivity index is 0.000000642. The molecule has 0 fully saturated rings. The second-order valence-corrected chi connectivity index (χ2v) is 9.01. The largest absolute Gasteiger partial charge is 2.00 e. The molecular formula is C30H42O4Pb. The molecule has 4 nitrogen and oxygen atoms in total. The molecule has 0 heterocycles. The van der Waals surface area contributed by atoms with Crippen LogP contribution in [0.1, 0.15) is 123 Å². The Bertz CT molecular complexity index is 765. The topological polar surface area (TPSA) is 80.3 Å². The summed E-state index contributed by atoms with van der Waals surface area (Å²) < 4.78 is 0. The van der Waals surface area contributed by atoms with Crippen LogP contribution in [0.15, 0.2) is 48.5 Å². The zero-order valence-corrected chi connectivity index (χ0v) is 25.5. The van der Waals surface area contributed by atoms with E-state index < -0.39 is 11.9 Å². The molecule has 0 aliphatic heterocycles. The van der Waals surface area contributed by atoms with Gasteiger partial charge in [-0.2, -0.15) is 0 Å². The molecule has 0 spiro atoms. The van der Waals surface area contributed by atoms with Crippen molar-refractivity contribution in [1.29, 1.82) is 0 Å². The van der Waals surface area contributed by atoms with Gasteiger partial charge in [0.1, 0.15) is 0 Å². The molecule has 0 aliphatic carbocycles. The summed E-state index contributed by atoms with van der Waals surface area (Å²) >= 11 is 0. The standard InChI is InChI=1S/2C15H22O2.Pb/c2*1-2-3-4-5-6-7-9-13-10-8-11-14(12-13)15(16)17;/h2*8,10-12H,2-7,9H2,1H3,(H,16,17);/q;;+2/p-2. The van der Waals surface area contributed by atoms with Gasteiger partial charge in [0.15, 0.2) is 0 Å². The van der Waals surface area contributed by atoms with E-state index in [0.717, 1.165) is 36.8 Å². The van der Waals surface area contributed by atoms with Gasteiger partial charge >= 0.3 is 27.3 Å². The maximum Gasteiger partial charge on any atom is 2.00 e. The van der Waals surface area contributed by atoms with Crippen LogP contribution in [-0.4, -0.2) is 39.2 Å². The van der Waals surface area contributed by atoms with Crippen molar-refractivity contribution in [2.45, 2.75) is 104 Å². The SMILES string of the molecule is CCCCCCCCc1cccc(C(=O)[O-])c1.CCCCCCCCc1cccc(C(=O)[O-])c1.[Pb+2]. The van der Waals surface area contributed by atoms with Crippen molar-refractivity contribution in [3.8, 4) is 0 Å². The maximum atomic E-state index is 10.7. The molecule has 190 valence electrons. The van der Waals surface area contributed by atoms with E-state index in [9.17, 15) is 19.8 Å². The first kappa shape index (κ1) is 33.3. The van der Waals surface area contributed by atoms with Gasteiger partial charge in [-0.1, -0.05) is 114 Å². The number of hydrogen-bond donors (Lipinski definition) is 0. The number of carboxylic acids is 2. The molecule has 5 heteroatoms. The molecule has 0 amide bonds. The molecule has 2 aromatic carbocycles. The Kier molecular flexibility index (Phi) is 20.5. The van der Waals surface area contributed by atoms with E-state index in [1.165, 1.54) is 64.2 Å². The third-order valence-corrected chi connectivity index (χ3v) is 5.96. The number of aromatic carboxylic acids is 2. The van der Waals surface area contributed by atoms with Crippen molar-refractivity contribution in [3.05, 3.63) is 70.8 Å². The van der Waals surface area contributed by atoms with Crippen LogP contribution < -0.4 is 10.2 Å².